The molecular weight excluding hydrogens is 317 g/mol. The standard InChI is InChI=1S/C17H14FNO5/c1-10(24-17(21)11-3-2-4-12(18)7-11)16(20)19-13-5-6-14-15(8-13)23-9-22-14/h2-8,10H,9H2,1H3,(H,19,20)/t10-/m1/s1. The SMILES string of the molecule is C[C@@H](OC(=O)c1cccc(F)c1)C(=O)Nc1ccc2c(c1)OCO2. The molecule has 0 saturated heterocycles. The summed E-state index contributed by atoms with van der Waals surface area (Å²) in [5.41, 5.74) is 0.524. The van der Waals surface area contributed by atoms with Crippen molar-refractivity contribution in [3.63, 3.8) is 0 Å². The Morgan fingerprint density at radius 3 is 2.75 bits per heavy atom. The first-order valence-electron chi connectivity index (χ1n) is 7.20. The molecule has 0 radical (unpaired) electrons. The molecule has 0 aromatic heterocycles. The van der Waals surface area contributed by atoms with Crippen molar-refractivity contribution >= 4 is 17.6 Å². The zero-order chi connectivity index (χ0) is 17.1. The smallest absolute Gasteiger partial charge is 0.339 e. The van der Waals surface area contributed by atoms with Crippen LogP contribution < -0.4 is 14.8 Å². The van der Waals surface area contributed by atoms with Gasteiger partial charge in [0.1, 0.15) is 5.82 Å². The second kappa shape index (κ2) is 6.57. The first-order chi connectivity index (χ1) is 11.5. The normalized spacial score (nSPS) is 13.2. The molecule has 1 atom stereocenters. The Morgan fingerprint density at radius 1 is 1.17 bits per heavy atom. The fourth-order valence-corrected chi connectivity index (χ4v) is 2.12. The van der Waals surface area contributed by atoms with Crippen LogP contribution in [0.25, 0.3) is 0 Å². The highest BCUT2D eigenvalue weighted by Crippen LogP contribution is 2.34. The third-order valence-corrected chi connectivity index (χ3v) is 3.35. The molecule has 6 nitrogen and oxygen atoms in total. The molecule has 0 spiro atoms. The molecule has 1 aliphatic rings. The van der Waals surface area contributed by atoms with Gasteiger partial charge in [-0.05, 0) is 37.3 Å². The van der Waals surface area contributed by atoms with Gasteiger partial charge in [0.25, 0.3) is 5.91 Å². The summed E-state index contributed by atoms with van der Waals surface area (Å²) in [6.07, 6.45) is -1.05. The van der Waals surface area contributed by atoms with Crippen molar-refractivity contribution < 1.29 is 28.2 Å². The van der Waals surface area contributed by atoms with Crippen LogP contribution in [0.3, 0.4) is 0 Å². The summed E-state index contributed by atoms with van der Waals surface area (Å²) in [5.74, 6) is -0.723. The van der Waals surface area contributed by atoms with Crippen LogP contribution in [0.15, 0.2) is 42.5 Å². The number of fused-ring (bicyclic) bond motifs is 1. The number of carbonyl (C=O) groups is 2. The van der Waals surface area contributed by atoms with E-state index in [1.807, 2.05) is 0 Å². The van der Waals surface area contributed by atoms with E-state index < -0.39 is 23.8 Å². The van der Waals surface area contributed by atoms with Crippen molar-refractivity contribution in [3.05, 3.63) is 53.8 Å². The number of anilines is 1. The van der Waals surface area contributed by atoms with Crippen LogP contribution in [-0.4, -0.2) is 24.8 Å². The Bertz CT molecular complexity index is 792. The minimum Gasteiger partial charge on any atom is -0.454 e. The van der Waals surface area contributed by atoms with Crippen LogP contribution in [0.2, 0.25) is 0 Å². The van der Waals surface area contributed by atoms with E-state index in [0.717, 1.165) is 6.07 Å². The van der Waals surface area contributed by atoms with Crippen LogP contribution in [0, 0.1) is 5.82 Å². The summed E-state index contributed by atoms with van der Waals surface area (Å²) in [5, 5.41) is 2.61. The summed E-state index contributed by atoms with van der Waals surface area (Å²) >= 11 is 0. The lowest BCUT2D eigenvalue weighted by Gasteiger charge is -2.13. The van der Waals surface area contributed by atoms with Gasteiger partial charge in [-0.3, -0.25) is 4.79 Å². The third kappa shape index (κ3) is 3.45. The Kier molecular flexibility index (Phi) is 4.33. The predicted molar refractivity (Wildman–Crippen MR) is 82.5 cm³/mol. The molecule has 7 heteroatoms. The lowest BCUT2D eigenvalue weighted by atomic mass is 10.2. The van der Waals surface area contributed by atoms with E-state index in [9.17, 15) is 14.0 Å². The van der Waals surface area contributed by atoms with E-state index in [0.29, 0.717) is 17.2 Å². The van der Waals surface area contributed by atoms with Crippen LogP contribution in [-0.2, 0) is 9.53 Å². The number of ether oxygens (including phenoxy) is 3. The fraction of sp³-hybridized carbons (Fsp3) is 0.176. The molecular formula is C17H14FNO5. The number of esters is 1. The number of hydrogen-bond acceptors (Lipinski definition) is 5. The maximum atomic E-state index is 13.1. The Morgan fingerprint density at radius 2 is 1.96 bits per heavy atom. The molecule has 1 N–H and O–H groups in total. The van der Waals surface area contributed by atoms with Crippen molar-refractivity contribution in [3.8, 4) is 11.5 Å². The molecule has 0 aliphatic carbocycles. The molecule has 2 aromatic rings. The summed E-state index contributed by atoms with van der Waals surface area (Å²) < 4.78 is 28.6. The first-order valence-corrected chi connectivity index (χ1v) is 7.20. The average Bonchev–Trinajstić information content (AvgIpc) is 3.02. The fourth-order valence-electron chi connectivity index (χ4n) is 2.12. The number of hydrogen-bond donors (Lipinski definition) is 1. The second-order valence-electron chi connectivity index (χ2n) is 5.12. The highest BCUT2D eigenvalue weighted by atomic mass is 19.1. The third-order valence-electron chi connectivity index (χ3n) is 3.35. The lowest BCUT2D eigenvalue weighted by molar-refractivity contribution is -0.123. The lowest BCUT2D eigenvalue weighted by Crippen LogP contribution is -2.30. The van der Waals surface area contributed by atoms with Gasteiger partial charge in [-0.2, -0.15) is 0 Å². The zero-order valence-electron chi connectivity index (χ0n) is 12.7. The van der Waals surface area contributed by atoms with E-state index in [2.05, 4.69) is 5.32 Å². The van der Waals surface area contributed by atoms with Gasteiger partial charge in [0.15, 0.2) is 17.6 Å². The van der Waals surface area contributed by atoms with E-state index >= 15 is 0 Å². The van der Waals surface area contributed by atoms with Gasteiger partial charge in [-0.1, -0.05) is 6.07 Å². The van der Waals surface area contributed by atoms with Gasteiger partial charge >= 0.3 is 5.97 Å². The van der Waals surface area contributed by atoms with E-state index in [1.165, 1.54) is 25.1 Å². The highest BCUT2D eigenvalue weighted by Gasteiger charge is 2.20. The van der Waals surface area contributed by atoms with Gasteiger partial charge < -0.3 is 19.5 Å². The molecule has 0 fully saturated rings. The number of rotatable bonds is 4. The molecule has 3 rings (SSSR count). The van der Waals surface area contributed by atoms with Crippen molar-refractivity contribution in [2.24, 2.45) is 0 Å². The van der Waals surface area contributed by atoms with Crippen LogP contribution in [0.1, 0.15) is 17.3 Å². The molecule has 1 aliphatic heterocycles. The summed E-state index contributed by atoms with van der Waals surface area (Å²) in [6.45, 7) is 1.56. The summed E-state index contributed by atoms with van der Waals surface area (Å²) in [6, 6.07) is 9.99. The van der Waals surface area contributed by atoms with Gasteiger partial charge in [0.05, 0.1) is 5.56 Å². The largest absolute Gasteiger partial charge is 0.454 e. The van der Waals surface area contributed by atoms with Crippen LogP contribution in [0.5, 0.6) is 11.5 Å². The maximum Gasteiger partial charge on any atom is 0.339 e. The summed E-state index contributed by atoms with van der Waals surface area (Å²) in [4.78, 5) is 24.0. The monoisotopic (exact) mass is 331 g/mol. The number of halogens is 1. The molecule has 124 valence electrons. The second-order valence-corrected chi connectivity index (χ2v) is 5.12. The highest BCUT2D eigenvalue weighted by molar-refractivity contribution is 5.97. The van der Waals surface area contributed by atoms with Gasteiger partial charge in [0.2, 0.25) is 6.79 Å². The zero-order valence-corrected chi connectivity index (χ0v) is 12.7. The van der Waals surface area contributed by atoms with E-state index in [-0.39, 0.29) is 12.4 Å². The van der Waals surface area contributed by atoms with E-state index in [4.69, 9.17) is 14.2 Å². The van der Waals surface area contributed by atoms with Crippen LogP contribution >= 0.6 is 0 Å². The Balaban J connectivity index is 1.61. The molecule has 0 saturated carbocycles. The van der Waals surface area contributed by atoms with Crippen molar-refractivity contribution in [2.75, 3.05) is 12.1 Å². The Labute approximate surface area is 137 Å². The number of amides is 1. The minimum atomic E-state index is -1.05. The van der Waals surface area contributed by atoms with Crippen LogP contribution in [0.4, 0.5) is 10.1 Å². The molecule has 2 aromatic carbocycles. The number of nitrogens with one attached hydrogen (secondary N) is 1. The van der Waals surface area contributed by atoms with Gasteiger partial charge in [0, 0.05) is 11.8 Å². The molecule has 0 unspecified atom stereocenters. The topological polar surface area (TPSA) is 73.9 Å². The summed E-state index contributed by atoms with van der Waals surface area (Å²) in [7, 11) is 0. The van der Waals surface area contributed by atoms with Gasteiger partial charge in [-0.15, -0.1) is 0 Å². The maximum absolute atomic E-state index is 13.1. The molecule has 1 amide bonds. The van der Waals surface area contributed by atoms with Crippen molar-refractivity contribution in [2.45, 2.75) is 13.0 Å². The minimum absolute atomic E-state index is 0.0396. The predicted octanol–water partition coefficient (Wildman–Crippen LogP) is 2.74. The molecule has 1 heterocycles. The number of carbonyl (C=O) groups excluding carboxylic acids is 2. The van der Waals surface area contributed by atoms with Crippen molar-refractivity contribution in [1.29, 1.82) is 0 Å². The first kappa shape index (κ1) is 15.8. The van der Waals surface area contributed by atoms with E-state index in [1.54, 1.807) is 18.2 Å². The van der Waals surface area contributed by atoms with Crippen molar-refractivity contribution in [1.82, 2.24) is 0 Å². The molecule has 24 heavy (non-hydrogen) atoms. The van der Waals surface area contributed by atoms with Gasteiger partial charge in [-0.25, -0.2) is 9.18 Å². The average molecular weight is 331 g/mol. The molecule has 0 bridgehead atoms. The number of benzene rings is 2. The Hall–Kier alpha value is -3.09. The quantitative estimate of drug-likeness (QED) is 0.872.